The predicted octanol–water partition coefficient (Wildman–Crippen LogP) is 1.71. The van der Waals surface area contributed by atoms with Crippen LogP contribution in [0, 0.1) is 11.7 Å². The van der Waals surface area contributed by atoms with Crippen LogP contribution in [0.5, 0.6) is 0 Å². The van der Waals surface area contributed by atoms with Crippen molar-refractivity contribution in [3.05, 3.63) is 35.6 Å². The lowest BCUT2D eigenvalue weighted by Gasteiger charge is -2.35. The Morgan fingerprint density at radius 1 is 1.08 bits per heavy atom. The van der Waals surface area contributed by atoms with Crippen molar-refractivity contribution in [2.45, 2.75) is 45.7 Å². The third-order valence-corrected chi connectivity index (χ3v) is 4.56. The highest BCUT2D eigenvalue weighted by Gasteiger charge is 2.33. The fourth-order valence-corrected chi connectivity index (χ4v) is 3.15. The van der Waals surface area contributed by atoms with Gasteiger partial charge >= 0.3 is 0 Å². The number of carbonyl (C=O) groups excluding carboxylic acids is 3. The van der Waals surface area contributed by atoms with E-state index in [1.54, 1.807) is 4.90 Å². The number of hydrogen-bond donors (Lipinski definition) is 2. The van der Waals surface area contributed by atoms with Crippen molar-refractivity contribution in [3.8, 4) is 0 Å². The quantitative estimate of drug-likeness (QED) is 0.836. The molecule has 0 spiro atoms. The Balaban J connectivity index is 2.11. The van der Waals surface area contributed by atoms with Gasteiger partial charge in [-0.05, 0) is 56.9 Å². The predicted molar refractivity (Wildman–Crippen MR) is 95.9 cm³/mol. The van der Waals surface area contributed by atoms with E-state index in [0.717, 1.165) is 0 Å². The van der Waals surface area contributed by atoms with Gasteiger partial charge < -0.3 is 15.5 Å². The second kappa shape index (κ2) is 8.78. The third-order valence-electron chi connectivity index (χ3n) is 4.56. The highest BCUT2D eigenvalue weighted by molar-refractivity contribution is 5.97. The average molecular weight is 363 g/mol. The summed E-state index contributed by atoms with van der Waals surface area (Å²) in [5.41, 5.74) is 0.301. The van der Waals surface area contributed by atoms with E-state index in [1.165, 1.54) is 31.2 Å². The van der Waals surface area contributed by atoms with Crippen LogP contribution in [0.3, 0.4) is 0 Å². The lowest BCUT2D eigenvalue weighted by molar-refractivity contribution is -0.130. The zero-order valence-corrected chi connectivity index (χ0v) is 15.4. The normalized spacial score (nSPS) is 16.3. The average Bonchev–Trinajstić information content (AvgIpc) is 2.59. The molecule has 7 heteroatoms. The first kappa shape index (κ1) is 19.9. The maximum Gasteiger partial charge on any atom is 0.251 e. The molecule has 0 aromatic heterocycles. The van der Waals surface area contributed by atoms with Gasteiger partial charge in [0.2, 0.25) is 11.8 Å². The molecule has 142 valence electrons. The summed E-state index contributed by atoms with van der Waals surface area (Å²) in [5, 5.41) is 5.64. The van der Waals surface area contributed by atoms with E-state index in [0.29, 0.717) is 31.5 Å². The fourth-order valence-electron chi connectivity index (χ4n) is 3.15. The van der Waals surface area contributed by atoms with Crippen molar-refractivity contribution in [1.82, 2.24) is 15.5 Å². The molecular weight excluding hydrogens is 337 g/mol. The van der Waals surface area contributed by atoms with Crippen LogP contribution in [0.1, 0.15) is 44.0 Å². The van der Waals surface area contributed by atoms with Crippen LogP contribution in [0.25, 0.3) is 0 Å². The number of piperidine rings is 1. The van der Waals surface area contributed by atoms with Gasteiger partial charge in [0.05, 0.1) is 0 Å². The van der Waals surface area contributed by atoms with Crippen molar-refractivity contribution in [2.24, 2.45) is 5.92 Å². The van der Waals surface area contributed by atoms with Crippen molar-refractivity contribution in [2.75, 3.05) is 13.1 Å². The molecule has 0 bridgehead atoms. The molecule has 1 aromatic rings. The molecule has 1 aromatic carbocycles. The summed E-state index contributed by atoms with van der Waals surface area (Å²) >= 11 is 0. The van der Waals surface area contributed by atoms with Crippen LogP contribution >= 0.6 is 0 Å². The SMILES string of the molecule is CC(=O)N1CCC([C@H](NC(=O)c2ccc(F)cc2)C(=O)NC(C)C)CC1. The minimum absolute atomic E-state index is 0.0157. The van der Waals surface area contributed by atoms with Gasteiger partial charge in [-0.25, -0.2) is 4.39 Å². The highest BCUT2D eigenvalue weighted by atomic mass is 19.1. The van der Waals surface area contributed by atoms with E-state index in [4.69, 9.17) is 0 Å². The molecule has 0 unspecified atom stereocenters. The van der Waals surface area contributed by atoms with E-state index >= 15 is 0 Å². The number of hydrogen-bond acceptors (Lipinski definition) is 3. The molecule has 0 radical (unpaired) electrons. The molecular formula is C19H26FN3O3. The highest BCUT2D eigenvalue weighted by Crippen LogP contribution is 2.22. The van der Waals surface area contributed by atoms with E-state index in [-0.39, 0.29) is 23.8 Å². The molecule has 1 aliphatic heterocycles. The first-order valence-corrected chi connectivity index (χ1v) is 8.90. The number of nitrogens with one attached hydrogen (secondary N) is 2. The number of carbonyl (C=O) groups is 3. The van der Waals surface area contributed by atoms with Crippen LogP contribution < -0.4 is 10.6 Å². The van der Waals surface area contributed by atoms with Gasteiger partial charge in [0.15, 0.2) is 0 Å². The lowest BCUT2D eigenvalue weighted by Crippen LogP contribution is -2.54. The lowest BCUT2D eigenvalue weighted by atomic mass is 9.88. The number of benzene rings is 1. The van der Waals surface area contributed by atoms with Crippen molar-refractivity contribution in [3.63, 3.8) is 0 Å². The fraction of sp³-hybridized carbons (Fsp3) is 0.526. The monoisotopic (exact) mass is 363 g/mol. The molecule has 1 heterocycles. The molecule has 1 atom stereocenters. The molecule has 2 N–H and O–H groups in total. The van der Waals surface area contributed by atoms with Crippen LogP contribution in [-0.2, 0) is 9.59 Å². The van der Waals surface area contributed by atoms with Gasteiger partial charge in [-0.1, -0.05) is 0 Å². The summed E-state index contributed by atoms with van der Waals surface area (Å²) in [6.07, 6.45) is 1.28. The summed E-state index contributed by atoms with van der Waals surface area (Å²) in [6, 6.07) is 4.46. The van der Waals surface area contributed by atoms with E-state index in [2.05, 4.69) is 10.6 Å². The number of likely N-dealkylation sites (tertiary alicyclic amines) is 1. The molecule has 0 saturated carbocycles. The number of rotatable bonds is 5. The zero-order chi connectivity index (χ0) is 19.3. The van der Waals surface area contributed by atoms with Crippen molar-refractivity contribution < 1.29 is 18.8 Å². The van der Waals surface area contributed by atoms with Gasteiger partial charge in [0, 0.05) is 31.6 Å². The van der Waals surface area contributed by atoms with Crippen LogP contribution in [0.15, 0.2) is 24.3 Å². The van der Waals surface area contributed by atoms with Crippen molar-refractivity contribution >= 4 is 17.7 Å². The Morgan fingerprint density at radius 3 is 2.15 bits per heavy atom. The Kier molecular flexibility index (Phi) is 6.71. The maximum absolute atomic E-state index is 13.0. The van der Waals surface area contributed by atoms with Gasteiger partial charge in [-0.2, -0.15) is 0 Å². The molecule has 1 saturated heterocycles. The topological polar surface area (TPSA) is 78.5 Å². The molecule has 0 aliphatic carbocycles. The second-order valence-electron chi connectivity index (χ2n) is 6.96. The Morgan fingerprint density at radius 2 is 1.65 bits per heavy atom. The molecule has 26 heavy (non-hydrogen) atoms. The van der Waals surface area contributed by atoms with E-state index < -0.39 is 17.8 Å². The Hall–Kier alpha value is -2.44. The number of amides is 3. The maximum atomic E-state index is 13.0. The Labute approximate surface area is 153 Å². The first-order chi connectivity index (χ1) is 12.3. The molecule has 1 fully saturated rings. The zero-order valence-electron chi connectivity index (χ0n) is 15.4. The molecule has 2 rings (SSSR count). The molecule has 3 amide bonds. The summed E-state index contributed by atoms with van der Waals surface area (Å²) < 4.78 is 13.0. The van der Waals surface area contributed by atoms with Crippen LogP contribution in [0.2, 0.25) is 0 Å². The third kappa shape index (κ3) is 5.28. The summed E-state index contributed by atoms with van der Waals surface area (Å²) in [4.78, 5) is 38.4. The van der Waals surface area contributed by atoms with Crippen LogP contribution in [0.4, 0.5) is 4.39 Å². The summed E-state index contributed by atoms with van der Waals surface area (Å²) in [7, 11) is 0. The molecule has 1 aliphatic rings. The van der Waals surface area contributed by atoms with Gasteiger partial charge in [-0.3, -0.25) is 14.4 Å². The smallest absolute Gasteiger partial charge is 0.251 e. The number of halogens is 1. The van der Waals surface area contributed by atoms with Crippen LogP contribution in [-0.4, -0.2) is 47.8 Å². The standard InChI is InChI=1S/C19H26FN3O3/c1-12(2)21-19(26)17(14-8-10-23(11-9-14)13(3)24)22-18(25)15-4-6-16(20)7-5-15/h4-7,12,14,17H,8-11H2,1-3H3,(H,21,26)(H,22,25)/t17-/m0/s1. The molecule has 6 nitrogen and oxygen atoms in total. The van der Waals surface area contributed by atoms with Gasteiger partial charge in [-0.15, -0.1) is 0 Å². The van der Waals surface area contributed by atoms with Gasteiger partial charge in [0.1, 0.15) is 11.9 Å². The van der Waals surface area contributed by atoms with E-state index in [1.807, 2.05) is 13.8 Å². The largest absolute Gasteiger partial charge is 0.352 e. The Bertz CT molecular complexity index is 652. The summed E-state index contributed by atoms with van der Waals surface area (Å²) in [6.45, 7) is 6.37. The van der Waals surface area contributed by atoms with E-state index in [9.17, 15) is 18.8 Å². The van der Waals surface area contributed by atoms with Gasteiger partial charge in [0.25, 0.3) is 5.91 Å². The minimum Gasteiger partial charge on any atom is -0.352 e. The number of nitrogens with zero attached hydrogens (tertiary/aromatic N) is 1. The summed E-state index contributed by atoms with van der Waals surface area (Å²) in [5.74, 6) is -1.12. The van der Waals surface area contributed by atoms with Crippen molar-refractivity contribution in [1.29, 1.82) is 0 Å². The second-order valence-corrected chi connectivity index (χ2v) is 6.96. The first-order valence-electron chi connectivity index (χ1n) is 8.90. The minimum atomic E-state index is -0.691.